The van der Waals surface area contributed by atoms with E-state index in [1.807, 2.05) is 6.92 Å². The van der Waals surface area contributed by atoms with Gasteiger partial charge in [0.05, 0.1) is 5.69 Å². The number of nitrogens with zero attached hydrogens (tertiary/aromatic N) is 4. The number of aromatic nitrogens is 4. The molecule has 0 fully saturated rings. The average Bonchev–Trinajstić information content (AvgIpc) is 2.53. The molecular weight excluding hydrogens is 186 g/mol. The Morgan fingerprint density at radius 3 is 2.62 bits per heavy atom. The van der Waals surface area contributed by atoms with Crippen molar-refractivity contribution in [1.29, 1.82) is 0 Å². The third kappa shape index (κ3) is 1.48. The van der Waals surface area contributed by atoms with Crippen molar-refractivity contribution in [1.82, 2.24) is 20.2 Å². The molecule has 0 spiro atoms. The number of aryl methyl sites for hydroxylation is 1. The van der Waals surface area contributed by atoms with Crippen LogP contribution in [0, 0.1) is 6.92 Å². The van der Waals surface area contributed by atoms with Crippen molar-refractivity contribution in [2.75, 3.05) is 5.73 Å². The first-order chi connectivity index (χ1) is 6.27. The molecule has 0 saturated carbocycles. The maximum absolute atomic E-state index is 5.46. The highest BCUT2D eigenvalue weighted by molar-refractivity contribution is 7.18. The van der Waals surface area contributed by atoms with Gasteiger partial charge in [-0.05, 0) is 6.92 Å². The van der Waals surface area contributed by atoms with E-state index in [2.05, 4.69) is 20.2 Å². The van der Waals surface area contributed by atoms with Crippen molar-refractivity contribution in [3.63, 3.8) is 0 Å². The zero-order valence-electron chi connectivity index (χ0n) is 6.93. The highest BCUT2D eigenvalue weighted by Crippen LogP contribution is 2.23. The van der Waals surface area contributed by atoms with Crippen molar-refractivity contribution in [2.45, 2.75) is 6.92 Å². The SMILES string of the molecule is Cc1nccnc1-c1nnc(N)s1. The Hall–Kier alpha value is -1.56. The number of anilines is 1. The molecule has 0 aromatic carbocycles. The van der Waals surface area contributed by atoms with Crippen LogP contribution in [0.15, 0.2) is 12.4 Å². The molecule has 0 atom stereocenters. The Morgan fingerprint density at radius 1 is 1.23 bits per heavy atom. The van der Waals surface area contributed by atoms with Crippen molar-refractivity contribution >= 4 is 16.5 Å². The first-order valence-corrected chi connectivity index (χ1v) is 4.46. The summed E-state index contributed by atoms with van der Waals surface area (Å²) < 4.78 is 0. The molecule has 0 aliphatic heterocycles. The fourth-order valence-electron chi connectivity index (χ4n) is 0.948. The topological polar surface area (TPSA) is 77.6 Å². The molecule has 6 heteroatoms. The molecule has 0 saturated heterocycles. The van der Waals surface area contributed by atoms with Crippen LogP contribution < -0.4 is 5.73 Å². The largest absolute Gasteiger partial charge is 0.374 e. The Bertz CT molecular complexity index is 424. The molecule has 2 N–H and O–H groups in total. The fraction of sp³-hybridized carbons (Fsp3) is 0.143. The van der Waals surface area contributed by atoms with E-state index in [-0.39, 0.29) is 0 Å². The number of hydrogen-bond acceptors (Lipinski definition) is 6. The number of rotatable bonds is 1. The molecule has 0 amide bonds. The van der Waals surface area contributed by atoms with E-state index in [0.717, 1.165) is 11.4 Å². The lowest BCUT2D eigenvalue weighted by Gasteiger charge is -1.96. The van der Waals surface area contributed by atoms with E-state index in [1.54, 1.807) is 12.4 Å². The van der Waals surface area contributed by atoms with Crippen LogP contribution in [0.2, 0.25) is 0 Å². The van der Waals surface area contributed by atoms with Crippen molar-refractivity contribution in [3.05, 3.63) is 18.1 Å². The highest BCUT2D eigenvalue weighted by atomic mass is 32.1. The Balaban J connectivity index is 2.52. The van der Waals surface area contributed by atoms with Crippen LogP contribution in [0.5, 0.6) is 0 Å². The van der Waals surface area contributed by atoms with Crippen LogP contribution in [0.3, 0.4) is 0 Å². The van der Waals surface area contributed by atoms with Gasteiger partial charge in [0.1, 0.15) is 5.69 Å². The standard InChI is InChI=1S/C7H7N5S/c1-4-5(10-3-2-9-4)6-11-12-7(8)13-6/h2-3H,1H3,(H2,8,12). The van der Waals surface area contributed by atoms with Gasteiger partial charge in [-0.3, -0.25) is 9.97 Å². The summed E-state index contributed by atoms with van der Waals surface area (Å²) in [4.78, 5) is 8.25. The average molecular weight is 193 g/mol. The molecule has 0 aliphatic rings. The third-order valence-corrected chi connectivity index (χ3v) is 2.28. The third-order valence-electron chi connectivity index (χ3n) is 1.52. The van der Waals surface area contributed by atoms with E-state index in [4.69, 9.17) is 5.73 Å². The van der Waals surface area contributed by atoms with E-state index in [1.165, 1.54) is 11.3 Å². The number of nitrogen functional groups attached to an aromatic ring is 1. The molecule has 0 radical (unpaired) electrons. The highest BCUT2D eigenvalue weighted by Gasteiger charge is 2.08. The molecular formula is C7H7N5S. The lowest BCUT2D eigenvalue weighted by atomic mass is 10.3. The van der Waals surface area contributed by atoms with Gasteiger partial charge in [0.25, 0.3) is 0 Å². The first kappa shape index (κ1) is 8.06. The van der Waals surface area contributed by atoms with Crippen LogP contribution >= 0.6 is 11.3 Å². The molecule has 5 nitrogen and oxygen atoms in total. The lowest BCUT2D eigenvalue weighted by molar-refractivity contribution is 1.06. The summed E-state index contributed by atoms with van der Waals surface area (Å²) in [7, 11) is 0. The van der Waals surface area contributed by atoms with E-state index in [9.17, 15) is 0 Å². The van der Waals surface area contributed by atoms with Gasteiger partial charge in [0, 0.05) is 12.4 Å². The van der Waals surface area contributed by atoms with Crippen molar-refractivity contribution in [2.24, 2.45) is 0 Å². The zero-order valence-corrected chi connectivity index (χ0v) is 7.75. The van der Waals surface area contributed by atoms with Gasteiger partial charge in [-0.2, -0.15) is 0 Å². The molecule has 0 bridgehead atoms. The second-order valence-corrected chi connectivity index (χ2v) is 3.44. The van der Waals surface area contributed by atoms with Crippen LogP contribution in [-0.4, -0.2) is 20.2 Å². The molecule has 66 valence electrons. The number of nitrogens with two attached hydrogens (primary N) is 1. The lowest BCUT2D eigenvalue weighted by Crippen LogP contribution is -1.89. The Morgan fingerprint density at radius 2 is 2.00 bits per heavy atom. The molecule has 2 aromatic rings. The molecule has 13 heavy (non-hydrogen) atoms. The Labute approximate surface area is 78.7 Å². The van der Waals surface area contributed by atoms with Crippen LogP contribution in [0.1, 0.15) is 5.69 Å². The summed E-state index contributed by atoms with van der Waals surface area (Å²) in [5.74, 6) is 0. The van der Waals surface area contributed by atoms with E-state index >= 15 is 0 Å². The molecule has 2 heterocycles. The maximum atomic E-state index is 5.46. The van der Waals surface area contributed by atoms with Gasteiger partial charge in [-0.1, -0.05) is 11.3 Å². The summed E-state index contributed by atoms with van der Waals surface area (Å²) in [5.41, 5.74) is 7.04. The van der Waals surface area contributed by atoms with Gasteiger partial charge in [-0.15, -0.1) is 10.2 Å². The van der Waals surface area contributed by atoms with Crippen LogP contribution in [0.4, 0.5) is 5.13 Å². The van der Waals surface area contributed by atoms with Crippen LogP contribution in [-0.2, 0) is 0 Å². The number of hydrogen-bond donors (Lipinski definition) is 1. The zero-order chi connectivity index (χ0) is 9.26. The second kappa shape index (κ2) is 3.06. The fourth-order valence-corrected chi connectivity index (χ4v) is 1.61. The smallest absolute Gasteiger partial charge is 0.203 e. The molecule has 2 aromatic heterocycles. The second-order valence-electron chi connectivity index (χ2n) is 2.44. The monoisotopic (exact) mass is 193 g/mol. The summed E-state index contributed by atoms with van der Waals surface area (Å²) in [6.07, 6.45) is 3.27. The minimum Gasteiger partial charge on any atom is -0.374 e. The van der Waals surface area contributed by atoms with E-state index in [0.29, 0.717) is 10.1 Å². The summed E-state index contributed by atoms with van der Waals surface area (Å²) in [6, 6.07) is 0. The van der Waals surface area contributed by atoms with Gasteiger partial charge in [-0.25, -0.2) is 0 Å². The van der Waals surface area contributed by atoms with Gasteiger partial charge >= 0.3 is 0 Å². The van der Waals surface area contributed by atoms with E-state index < -0.39 is 0 Å². The van der Waals surface area contributed by atoms with Crippen LogP contribution in [0.25, 0.3) is 10.7 Å². The Kier molecular flexibility index (Phi) is 1.90. The molecule has 0 unspecified atom stereocenters. The van der Waals surface area contributed by atoms with Gasteiger partial charge < -0.3 is 5.73 Å². The van der Waals surface area contributed by atoms with Gasteiger partial charge in [0.15, 0.2) is 5.01 Å². The van der Waals surface area contributed by atoms with Gasteiger partial charge in [0.2, 0.25) is 5.13 Å². The minimum atomic E-state index is 0.444. The normalized spacial score (nSPS) is 10.2. The summed E-state index contributed by atoms with van der Waals surface area (Å²) in [6.45, 7) is 1.87. The maximum Gasteiger partial charge on any atom is 0.203 e. The predicted octanol–water partition coefficient (Wildman–Crippen LogP) is 0.886. The van der Waals surface area contributed by atoms with Crippen molar-refractivity contribution < 1.29 is 0 Å². The predicted molar refractivity (Wildman–Crippen MR) is 50.1 cm³/mol. The first-order valence-electron chi connectivity index (χ1n) is 3.64. The quantitative estimate of drug-likeness (QED) is 0.727. The molecule has 2 rings (SSSR count). The summed E-state index contributed by atoms with van der Waals surface area (Å²) in [5, 5.41) is 8.76. The molecule has 0 aliphatic carbocycles. The van der Waals surface area contributed by atoms with Crippen molar-refractivity contribution in [3.8, 4) is 10.7 Å². The minimum absolute atomic E-state index is 0.444. The summed E-state index contributed by atoms with van der Waals surface area (Å²) >= 11 is 1.31.